The zero-order valence-corrected chi connectivity index (χ0v) is 11.4. The number of para-hydroxylation sites is 1. The van der Waals surface area contributed by atoms with Gasteiger partial charge < -0.3 is 5.73 Å². The number of fused-ring (bicyclic) bond motifs is 2. The van der Waals surface area contributed by atoms with Crippen LogP contribution < -0.4 is 5.73 Å². The van der Waals surface area contributed by atoms with E-state index in [1.54, 1.807) is 11.3 Å². The highest BCUT2D eigenvalue weighted by Crippen LogP contribution is 2.34. The normalized spacial score (nSPS) is 11.2. The summed E-state index contributed by atoms with van der Waals surface area (Å²) in [4.78, 5) is 9.18. The van der Waals surface area contributed by atoms with Gasteiger partial charge in [-0.15, -0.1) is 11.3 Å². The van der Waals surface area contributed by atoms with Crippen LogP contribution in [0.4, 0.5) is 5.69 Å². The highest BCUT2D eigenvalue weighted by molar-refractivity contribution is 7.21. The van der Waals surface area contributed by atoms with Gasteiger partial charge in [0.1, 0.15) is 5.01 Å². The van der Waals surface area contributed by atoms with Crippen LogP contribution in [0.3, 0.4) is 0 Å². The molecule has 0 aliphatic heterocycles. The number of aromatic nitrogens is 2. The number of benzene rings is 2. The van der Waals surface area contributed by atoms with E-state index in [0.29, 0.717) is 0 Å². The Balaban J connectivity index is 2.01. The molecule has 20 heavy (non-hydrogen) atoms. The van der Waals surface area contributed by atoms with Crippen molar-refractivity contribution in [2.75, 3.05) is 5.73 Å². The molecule has 0 atom stereocenters. The van der Waals surface area contributed by atoms with Crippen molar-refractivity contribution in [1.29, 1.82) is 0 Å². The number of nitrogen functional groups attached to an aromatic ring is 1. The highest BCUT2D eigenvalue weighted by Gasteiger charge is 2.10. The number of nitrogens with two attached hydrogens (primary N) is 1. The molecule has 4 heteroatoms. The molecule has 2 aromatic heterocycles. The molecule has 2 N–H and O–H groups in total. The van der Waals surface area contributed by atoms with E-state index in [1.807, 2.05) is 36.5 Å². The molecule has 0 aliphatic carbocycles. The molecule has 0 unspecified atom stereocenters. The zero-order chi connectivity index (χ0) is 13.5. The van der Waals surface area contributed by atoms with Gasteiger partial charge in [-0.2, -0.15) is 0 Å². The van der Waals surface area contributed by atoms with Crippen molar-refractivity contribution in [3.05, 3.63) is 54.7 Å². The Bertz CT molecular complexity index is 922. The molecule has 0 saturated carbocycles. The monoisotopic (exact) mass is 277 g/mol. The molecule has 3 nitrogen and oxygen atoms in total. The van der Waals surface area contributed by atoms with E-state index in [9.17, 15) is 0 Å². The smallest absolute Gasteiger partial charge is 0.126 e. The third kappa shape index (κ3) is 1.73. The van der Waals surface area contributed by atoms with Crippen molar-refractivity contribution in [2.24, 2.45) is 0 Å². The number of hydrogen-bond acceptors (Lipinski definition) is 4. The Kier molecular flexibility index (Phi) is 2.44. The van der Waals surface area contributed by atoms with E-state index in [1.165, 1.54) is 0 Å². The minimum atomic E-state index is 0.767. The van der Waals surface area contributed by atoms with Gasteiger partial charge in [0.05, 0.1) is 15.7 Å². The van der Waals surface area contributed by atoms with E-state index in [0.717, 1.165) is 37.4 Å². The van der Waals surface area contributed by atoms with E-state index < -0.39 is 0 Å². The summed E-state index contributed by atoms with van der Waals surface area (Å²) in [7, 11) is 0. The minimum Gasteiger partial charge on any atom is -0.399 e. The maximum Gasteiger partial charge on any atom is 0.126 e. The molecule has 0 fully saturated rings. The quantitative estimate of drug-likeness (QED) is 0.533. The molecule has 0 bridgehead atoms. The second-order valence-corrected chi connectivity index (χ2v) is 5.66. The number of hydrogen-bond donors (Lipinski definition) is 1. The molecule has 2 aromatic carbocycles. The van der Waals surface area contributed by atoms with Gasteiger partial charge >= 0.3 is 0 Å². The first-order valence-corrected chi connectivity index (χ1v) is 7.13. The van der Waals surface area contributed by atoms with Crippen LogP contribution in [-0.4, -0.2) is 9.97 Å². The number of thiazole rings is 1. The lowest BCUT2D eigenvalue weighted by Crippen LogP contribution is -1.83. The lowest BCUT2D eigenvalue weighted by atomic mass is 10.1. The molecule has 0 saturated heterocycles. The first kappa shape index (κ1) is 11.4. The van der Waals surface area contributed by atoms with Crippen LogP contribution in [0.1, 0.15) is 0 Å². The Morgan fingerprint density at radius 2 is 1.90 bits per heavy atom. The number of anilines is 1. The van der Waals surface area contributed by atoms with Gasteiger partial charge in [0.15, 0.2) is 0 Å². The lowest BCUT2D eigenvalue weighted by molar-refractivity contribution is 1.40. The Morgan fingerprint density at radius 3 is 2.85 bits per heavy atom. The van der Waals surface area contributed by atoms with Gasteiger partial charge in [-0.3, -0.25) is 4.98 Å². The van der Waals surface area contributed by atoms with E-state index in [-0.39, 0.29) is 0 Å². The standard InChI is InChI=1S/C16H11N3S/c17-11-6-7-13-14(9-11)20-16(19-13)12-5-1-3-10-4-2-8-18-15(10)12/h1-9H,17H2. The predicted molar refractivity (Wildman–Crippen MR) is 84.8 cm³/mol. The number of rotatable bonds is 1. The van der Waals surface area contributed by atoms with Gasteiger partial charge in [0.2, 0.25) is 0 Å². The highest BCUT2D eigenvalue weighted by atomic mass is 32.1. The topological polar surface area (TPSA) is 51.8 Å². The maximum absolute atomic E-state index is 5.83. The van der Waals surface area contributed by atoms with Crippen LogP contribution in [0.5, 0.6) is 0 Å². The van der Waals surface area contributed by atoms with Gasteiger partial charge in [0.25, 0.3) is 0 Å². The molecule has 0 aliphatic rings. The van der Waals surface area contributed by atoms with Crippen LogP contribution in [-0.2, 0) is 0 Å². The van der Waals surface area contributed by atoms with Crippen molar-refractivity contribution >= 4 is 38.1 Å². The predicted octanol–water partition coefficient (Wildman–Crippen LogP) is 4.09. The zero-order valence-electron chi connectivity index (χ0n) is 10.6. The maximum atomic E-state index is 5.83. The summed E-state index contributed by atoms with van der Waals surface area (Å²) in [5.74, 6) is 0. The van der Waals surface area contributed by atoms with E-state index in [4.69, 9.17) is 10.7 Å². The van der Waals surface area contributed by atoms with Crippen LogP contribution in [0.25, 0.3) is 31.7 Å². The second-order valence-electron chi connectivity index (χ2n) is 4.63. The summed E-state index contributed by atoms with van der Waals surface area (Å²) in [6.45, 7) is 0. The Hall–Kier alpha value is -2.46. The van der Waals surface area contributed by atoms with Gasteiger partial charge in [-0.05, 0) is 30.3 Å². The SMILES string of the molecule is Nc1ccc2nc(-c3cccc4cccnc34)sc2c1. The van der Waals surface area contributed by atoms with Crippen LogP contribution in [0.15, 0.2) is 54.7 Å². The molecular formula is C16H11N3S. The summed E-state index contributed by atoms with van der Waals surface area (Å²) >= 11 is 1.65. The van der Waals surface area contributed by atoms with Crippen molar-refractivity contribution in [2.45, 2.75) is 0 Å². The fraction of sp³-hybridized carbons (Fsp3) is 0. The lowest BCUT2D eigenvalue weighted by Gasteiger charge is -2.01. The van der Waals surface area contributed by atoms with Gasteiger partial charge in [0, 0.05) is 22.8 Å². The minimum absolute atomic E-state index is 0.767. The summed E-state index contributed by atoms with van der Waals surface area (Å²) in [6, 6.07) is 16.0. The molecule has 96 valence electrons. The Morgan fingerprint density at radius 1 is 1.00 bits per heavy atom. The fourth-order valence-corrected chi connectivity index (χ4v) is 3.37. The van der Waals surface area contributed by atoms with E-state index >= 15 is 0 Å². The van der Waals surface area contributed by atoms with Crippen LogP contribution >= 0.6 is 11.3 Å². The van der Waals surface area contributed by atoms with Crippen molar-refractivity contribution < 1.29 is 0 Å². The molecule has 0 spiro atoms. The van der Waals surface area contributed by atoms with Crippen molar-refractivity contribution in [3.63, 3.8) is 0 Å². The summed E-state index contributed by atoms with van der Waals surface area (Å²) in [5, 5.41) is 2.11. The third-order valence-electron chi connectivity index (χ3n) is 3.28. The first-order chi connectivity index (χ1) is 9.81. The molecule has 0 radical (unpaired) electrons. The summed E-state index contributed by atoms with van der Waals surface area (Å²) < 4.78 is 1.10. The molecular weight excluding hydrogens is 266 g/mol. The first-order valence-electron chi connectivity index (χ1n) is 6.31. The van der Waals surface area contributed by atoms with Crippen molar-refractivity contribution in [1.82, 2.24) is 9.97 Å². The van der Waals surface area contributed by atoms with Crippen LogP contribution in [0.2, 0.25) is 0 Å². The average molecular weight is 277 g/mol. The number of pyridine rings is 1. The van der Waals surface area contributed by atoms with Gasteiger partial charge in [-0.25, -0.2) is 4.98 Å². The molecule has 2 heterocycles. The number of nitrogens with zero attached hydrogens (tertiary/aromatic N) is 2. The largest absolute Gasteiger partial charge is 0.399 e. The molecule has 0 amide bonds. The van der Waals surface area contributed by atoms with Gasteiger partial charge in [-0.1, -0.05) is 18.2 Å². The molecule has 4 aromatic rings. The van der Waals surface area contributed by atoms with Crippen LogP contribution in [0, 0.1) is 0 Å². The third-order valence-corrected chi connectivity index (χ3v) is 4.33. The summed E-state index contributed by atoms with van der Waals surface area (Å²) in [5.41, 5.74) is 9.64. The van der Waals surface area contributed by atoms with E-state index in [2.05, 4.69) is 23.2 Å². The average Bonchev–Trinajstić information content (AvgIpc) is 2.89. The Labute approximate surface area is 119 Å². The second kappa shape index (κ2) is 4.28. The summed E-state index contributed by atoms with van der Waals surface area (Å²) in [6.07, 6.45) is 1.82. The van der Waals surface area contributed by atoms with Crippen molar-refractivity contribution in [3.8, 4) is 10.6 Å². The fourth-order valence-electron chi connectivity index (χ4n) is 2.33. The molecule has 4 rings (SSSR count).